The maximum absolute atomic E-state index is 12.8. The zero-order valence-electron chi connectivity index (χ0n) is 15.6. The lowest BCUT2D eigenvalue weighted by atomic mass is 9.94. The number of anilines is 1. The molecular weight excluding hydrogens is 358 g/mol. The summed E-state index contributed by atoms with van der Waals surface area (Å²) < 4.78 is 28.2. The number of hydrogen-bond acceptors (Lipinski definition) is 4. The summed E-state index contributed by atoms with van der Waals surface area (Å²) >= 11 is 0. The molecular formula is C21H25N3O2S. The number of benzene rings is 2. The second-order valence-electron chi connectivity index (χ2n) is 7.11. The van der Waals surface area contributed by atoms with Gasteiger partial charge in [0.15, 0.2) is 0 Å². The molecule has 5 nitrogen and oxygen atoms in total. The first-order valence-corrected chi connectivity index (χ1v) is 10.8. The second-order valence-corrected chi connectivity index (χ2v) is 8.79. The molecule has 0 aliphatic heterocycles. The van der Waals surface area contributed by atoms with Gasteiger partial charge in [0.2, 0.25) is 0 Å². The van der Waals surface area contributed by atoms with Crippen LogP contribution in [0.25, 0.3) is 0 Å². The van der Waals surface area contributed by atoms with Crippen LogP contribution in [0.2, 0.25) is 0 Å². The smallest absolute Gasteiger partial charge is 0.261 e. The molecule has 1 fully saturated rings. The Morgan fingerprint density at radius 3 is 2.59 bits per heavy atom. The van der Waals surface area contributed by atoms with Gasteiger partial charge in [0.25, 0.3) is 10.0 Å². The van der Waals surface area contributed by atoms with E-state index < -0.39 is 10.0 Å². The number of nitrogens with zero attached hydrogens (tertiary/aromatic N) is 2. The van der Waals surface area contributed by atoms with Gasteiger partial charge >= 0.3 is 0 Å². The van der Waals surface area contributed by atoms with Crippen LogP contribution in [-0.2, 0) is 16.6 Å². The predicted molar refractivity (Wildman–Crippen MR) is 107 cm³/mol. The number of hydrogen-bond donors (Lipinski definition) is 1. The van der Waals surface area contributed by atoms with Crippen molar-refractivity contribution < 1.29 is 8.42 Å². The van der Waals surface area contributed by atoms with E-state index in [-0.39, 0.29) is 4.90 Å². The van der Waals surface area contributed by atoms with Gasteiger partial charge in [0.1, 0.15) is 0 Å². The standard InChI is InChI=1S/C21H25N3O2S/c1-24(19-10-3-2-4-11-19)16-18-9-5-6-13-21(18)23-27(25,26)20-12-7-8-17(14-20)15-22/h5-9,12-14,19,23H,2-4,10-11,16H2,1H3. The summed E-state index contributed by atoms with van der Waals surface area (Å²) in [4.78, 5) is 2.42. The van der Waals surface area contributed by atoms with E-state index in [1.165, 1.54) is 44.2 Å². The van der Waals surface area contributed by atoms with Crippen LogP contribution in [0.5, 0.6) is 0 Å². The Labute approximate surface area is 161 Å². The maximum Gasteiger partial charge on any atom is 0.261 e. The molecule has 0 bridgehead atoms. The van der Waals surface area contributed by atoms with Crippen molar-refractivity contribution in [3.05, 3.63) is 59.7 Å². The molecule has 1 saturated carbocycles. The van der Waals surface area contributed by atoms with Crippen molar-refractivity contribution >= 4 is 15.7 Å². The Bertz CT molecular complexity index is 928. The summed E-state index contributed by atoms with van der Waals surface area (Å²) in [5, 5.41) is 9.01. The minimum atomic E-state index is -3.75. The van der Waals surface area contributed by atoms with E-state index in [0.29, 0.717) is 23.8 Å². The first kappa shape index (κ1) is 19.4. The fourth-order valence-corrected chi connectivity index (χ4v) is 4.76. The molecule has 142 valence electrons. The monoisotopic (exact) mass is 383 g/mol. The van der Waals surface area contributed by atoms with Crippen LogP contribution in [-0.4, -0.2) is 26.4 Å². The van der Waals surface area contributed by atoms with E-state index in [2.05, 4.69) is 16.7 Å². The normalized spacial score (nSPS) is 15.4. The highest BCUT2D eigenvalue weighted by Gasteiger charge is 2.20. The molecule has 6 heteroatoms. The Hall–Kier alpha value is -2.36. The minimum absolute atomic E-state index is 0.0944. The molecule has 1 aliphatic carbocycles. The maximum atomic E-state index is 12.8. The summed E-state index contributed by atoms with van der Waals surface area (Å²) in [6.45, 7) is 0.696. The number of rotatable bonds is 6. The molecule has 1 N–H and O–H groups in total. The minimum Gasteiger partial charge on any atom is -0.299 e. The van der Waals surface area contributed by atoms with Crippen LogP contribution in [0.3, 0.4) is 0 Å². The molecule has 3 rings (SSSR count). The Kier molecular flexibility index (Phi) is 6.15. The first-order valence-electron chi connectivity index (χ1n) is 9.31. The third-order valence-electron chi connectivity index (χ3n) is 5.15. The van der Waals surface area contributed by atoms with Crippen LogP contribution in [0, 0.1) is 11.3 Å². The summed E-state index contributed by atoms with van der Waals surface area (Å²) in [6, 6.07) is 16.1. The molecule has 0 amide bonds. The van der Waals surface area contributed by atoms with Crippen LogP contribution in [0.4, 0.5) is 5.69 Å². The van der Waals surface area contributed by atoms with E-state index >= 15 is 0 Å². The van der Waals surface area contributed by atoms with E-state index in [0.717, 1.165) is 5.56 Å². The highest BCUT2D eigenvalue weighted by atomic mass is 32.2. The summed E-state index contributed by atoms with van der Waals surface area (Å²) in [5.74, 6) is 0. The van der Waals surface area contributed by atoms with Gasteiger partial charge in [0.05, 0.1) is 22.2 Å². The largest absolute Gasteiger partial charge is 0.299 e. The molecule has 27 heavy (non-hydrogen) atoms. The van der Waals surface area contributed by atoms with Crippen LogP contribution in [0.1, 0.15) is 43.2 Å². The third kappa shape index (κ3) is 4.88. The average Bonchev–Trinajstić information content (AvgIpc) is 2.70. The number of nitriles is 1. The van der Waals surface area contributed by atoms with E-state index in [1.807, 2.05) is 24.3 Å². The zero-order chi connectivity index (χ0) is 19.3. The van der Waals surface area contributed by atoms with Gasteiger partial charge in [-0.3, -0.25) is 9.62 Å². The first-order chi connectivity index (χ1) is 13.0. The molecule has 0 unspecified atom stereocenters. The van der Waals surface area contributed by atoms with Crippen molar-refractivity contribution in [3.63, 3.8) is 0 Å². The van der Waals surface area contributed by atoms with Gasteiger partial charge in [-0.15, -0.1) is 0 Å². The van der Waals surface area contributed by atoms with Crippen molar-refractivity contribution in [2.24, 2.45) is 0 Å². The Balaban J connectivity index is 1.80. The SMILES string of the molecule is CN(Cc1ccccc1NS(=O)(=O)c1cccc(C#N)c1)C1CCCCC1. The van der Waals surface area contributed by atoms with E-state index in [1.54, 1.807) is 18.2 Å². The van der Waals surface area contributed by atoms with Crippen LogP contribution in [0.15, 0.2) is 53.4 Å². The van der Waals surface area contributed by atoms with Crippen molar-refractivity contribution in [2.45, 2.75) is 49.6 Å². The lowest BCUT2D eigenvalue weighted by Crippen LogP contribution is -2.33. The molecule has 0 saturated heterocycles. The Morgan fingerprint density at radius 1 is 1.11 bits per heavy atom. The Morgan fingerprint density at radius 2 is 1.85 bits per heavy atom. The van der Waals surface area contributed by atoms with Gasteiger partial charge in [-0.2, -0.15) is 5.26 Å². The van der Waals surface area contributed by atoms with E-state index in [9.17, 15) is 8.42 Å². The predicted octanol–water partition coefficient (Wildman–Crippen LogP) is 4.12. The molecule has 0 heterocycles. The van der Waals surface area contributed by atoms with Crippen molar-refractivity contribution in [1.29, 1.82) is 5.26 Å². The zero-order valence-corrected chi connectivity index (χ0v) is 16.4. The second kappa shape index (κ2) is 8.55. The van der Waals surface area contributed by atoms with Crippen molar-refractivity contribution in [2.75, 3.05) is 11.8 Å². The molecule has 2 aromatic carbocycles. The third-order valence-corrected chi connectivity index (χ3v) is 6.52. The molecule has 0 radical (unpaired) electrons. The lowest BCUT2D eigenvalue weighted by Gasteiger charge is -2.31. The van der Waals surface area contributed by atoms with E-state index in [4.69, 9.17) is 5.26 Å². The van der Waals surface area contributed by atoms with Gasteiger partial charge in [0, 0.05) is 12.6 Å². The molecule has 0 spiro atoms. The van der Waals surface area contributed by atoms with Gasteiger partial charge in [-0.25, -0.2) is 8.42 Å². The van der Waals surface area contributed by atoms with Crippen LogP contribution < -0.4 is 4.72 Å². The highest BCUT2D eigenvalue weighted by molar-refractivity contribution is 7.92. The van der Waals surface area contributed by atoms with Gasteiger partial charge in [-0.05, 0) is 49.7 Å². The molecule has 1 aliphatic rings. The quantitative estimate of drug-likeness (QED) is 0.814. The highest BCUT2D eigenvalue weighted by Crippen LogP contribution is 2.26. The van der Waals surface area contributed by atoms with Gasteiger partial charge < -0.3 is 0 Å². The number of para-hydroxylation sites is 1. The fourth-order valence-electron chi connectivity index (χ4n) is 3.61. The van der Waals surface area contributed by atoms with Crippen molar-refractivity contribution in [3.8, 4) is 6.07 Å². The molecule has 0 aromatic heterocycles. The number of nitrogens with one attached hydrogen (secondary N) is 1. The average molecular weight is 384 g/mol. The number of sulfonamides is 1. The van der Waals surface area contributed by atoms with Crippen LogP contribution >= 0.6 is 0 Å². The van der Waals surface area contributed by atoms with Crippen molar-refractivity contribution in [1.82, 2.24) is 4.90 Å². The topological polar surface area (TPSA) is 73.2 Å². The molecule has 0 atom stereocenters. The summed E-state index contributed by atoms with van der Waals surface area (Å²) in [6.07, 6.45) is 6.23. The van der Waals surface area contributed by atoms with Gasteiger partial charge in [-0.1, -0.05) is 43.5 Å². The summed E-state index contributed by atoms with van der Waals surface area (Å²) in [7, 11) is -1.64. The fraction of sp³-hybridized carbons (Fsp3) is 0.381. The molecule has 2 aromatic rings. The lowest BCUT2D eigenvalue weighted by molar-refractivity contribution is 0.185. The summed E-state index contributed by atoms with van der Waals surface area (Å²) in [5.41, 5.74) is 1.86.